The van der Waals surface area contributed by atoms with Crippen molar-refractivity contribution < 1.29 is 9.13 Å². The fraction of sp³-hybridized carbons (Fsp3) is 0.111. The lowest BCUT2D eigenvalue weighted by molar-refractivity contribution is 0.370. The Morgan fingerprint density at radius 3 is 2.92 bits per heavy atom. The van der Waals surface area contributed by atoms with Crippen LogP contribution in [0.3, 0.4) is 0 Å². The molecule has 0 fully saturated rings. The van der Waals surface area contributed by atoms with Crippen molar-refractivity contribution in [2.75, 3.05) is 6.61 Å². The zero-order valence-corrected chi connectivity index (χ0v) is 6.94. The Morgan fingerprint density at radius 1 is 1.58 bits per heavy atom. The fourth-order valence-corrected chi connectivity index (χ4v) is 0.933. The summed E-state index contributed by atoms with van der Waals surface area (Å²) in [6, 6.07) is 3.88. The van der Waals surface area contributed by atoms with Crippen LogP contribution in [0.25, 0.3) is 0 Å². The largest absolute Gasteiger partial charge is 0.479 e. The molecule has 62 valence electrons. The Balaban J connectivity index is 2.81. The zero-order chi connectivity index (χ0) is 8.97. The van der Waals surface area contributed by atoms with Crippen molar-refractivity contribution in [2.24, 2.45) is 0 Å². The van der Waals surface area contributed by atoms with Gasteiger partial charge < -0.3 is 4.74 Å². The normalized spacial score (nSPS) is 9.08. The van der Waals surface area contributed by atoms with Gasteiger partial charge in [0.25, 0.3) is 0 Å². The molecule has 1 aromatic carbocycles. The van der Waals surface area contributed by atoms with E-state index in [2.05, 4.69) is 5.92 Å². The lowest BCUT2D eigenvalue weighted by atomic mass is 10.3. The van der Waals surface area contributed by atoms with Gasteiger partial charge in [0.15, 0.2) is 0 Å². The van der Waals surface area contributed by atoms with Crippen LogP contribution in [0, 0.1) is 18.2 Å². The monoisotopic (exact) mass is 184 g/mol. The minimum absolute atomic E-state index is 0.130. The second-order valence-corrected chi connectivity index (χ2v) is 2.47. The van der Waals surface area contributed by atoms with Gasteiger partial charge in [-0.15, -0.1) is 6.42 Å². The first-order valence-electron chi connectivity index (χ1n) is 3.25. The lowest BCUT2D eigenvalue weighted by Gasteiger charge is -2.03. The number of rotatable bonds is 2. The van der Waals surface area contributed by atoms with Gasteiger partial charge in [0.05, 0.1) is 5.02 Å². The molecular formula is C9H6ClFO. The smallest absolute Gasteiger partial charge is 0.148 e. The van der Waals surface area contributed by atoms with Crippen molar-refractivity contribution >= 4 is 11.6 Å². The predicted octanol–water partition coefficient (Wildman–Crippen LogP) is 2.49. The summed E-state index contributed by atoms with van der Waals surface area (Å²) >= 11 is 5.63. The molecule has 3 heteroatoms. The van der Waals surface area contributed by atoms with Gasteiger partial charge in [-0.1, -0.05) is 17.5 Å². The van der Waals surface area contributed by atoms with E-state index in [9.17, 15) is 4.39 Å². The Morgan fingerprint density at radius 2 is 2.33 bits per heavy atom. The standard InChI is InChI=1S/C9H6ClFO/c1-2-5-12-9-4-3-7(11)6-8(9)10/h1,3-4,6H,5H2. The van der Waals surface area contributed by atoms with Crippen LogP contribution in [0.5, 0.6) is 5.75 Å². The number of hydrogen-bond acceptors (Lipinski definition) is 1. The van der Waals surface area contributed by atoms with Crippen LogP contribution in [-0.4, -0.2) is 6.61 Å². The quantitative estimate of drug-likeness (QED) is 0.642. The van der Waals surface area contributed by atoms with E-state index in [0.717, 1.165) is 0 Å². The summed E-state index contributed by atoms with van der Waals surface area (Å²) in [7, 11) is 0. The molecule has 0 heterocycles. The van der Waals surface area contributed by atoms with Crippen molar-refractivity contribution in [3.05, 3.63) is 29.0 Å². The average molecular weight is 185 g/mol. The summed E-state index contributed by atoms with van der Waals surface area (Å²) in [6.07, 6.45) is 4.96. The first-order valence-corrected chi connectivity index (χ1v) is 3.63. The summed E-state index contributed by atoms with van der Waals surface area (Å²) in [5.74, 6) is 2.29. The molecule has 0 bridgehead atoms. The third-order valence-electron chi connectivity index (χ3n) is 1.20. The molecule has 0 saturated heterocycles. The summed E-state index contributed by atoms with van der Waals surface area (Å²) in [6.45, 7) is 0.130. The van der Waals surface area contributed by atoms with Crippen molar-refractivity contribution in [1.82, 2.24) is 0 Å². The molecule has 1 nitrogen and oxygen atoms in total. The van der Waals surface area contributed by atoms with E-state index in [1.54, 1.807) is 0 Å². The lowest BCUT2D eigenvalue weighted by Crippen LogP contribution is -1.94. The molecule has 0 N–H and O–H groups in total. The van der Waals surface area contributed by atoms with Crippen LogP contribution in [0.1, 0.15) is 0 Å². The van der Waals surface area contributed by atoms with E-state index in [1.165, 1.54) is 18.2 Å². The molecule has 0 aromatic heterocycles. The molecule has 0 aliphatic rings. The highest BCUT2D eigenvalue weighted by Crippen LogP contribution is 2.24. The van der Waals surface area contributed by atoms with Gasteiger partial charge in [-0.05, 0) is 18.2 Å². The fourth-order valence-electron chi connectivity index (χ4n) is 0.712. The summed E-state index contributed by atoms with van der Waals surface area (Å²) in [5.41, 5.74) is 0. The summed E-state index contributed by atoms with van der Waals surface area (Å²) < 4.78 is 17.5. The Hall–Kier alpha value is -1.20. The van der Waals surface area contributed by atoms with Gasteiger partial charge in [-0.2, -0.15) is 0 Å². The second-order valence-electron chi connectivity index (χ2n) is 2.07. The molecule has 0 amide bonds. The summed E-state index contributed by atoms with van der Waals surface area (Å²) in [4.78, 5) is 0. The van der Waals surface area contributed by atoms with Gasteiger partial charge >= 0.3 is 0 Å². The minimum atomic E-state index is -0.395. The highest BCUT2D eigenvalue weighted by atomic mass is 35.5. The Bertz CT molecular complexity index is 317. The molecule has 0 spiro atoms. The van der Waals surface area contributed by atoms with Gasteiger partial charge in [0.1, 0.15) is 18.2 Å². The third-order valence-corrected chi connectivity index (χ3v) is 1.50. The van der Waals surface area contributed by atoms with Gasteiger partial charge in [-0.3, -0.25) is 0 Å². The SMILES string of the molecule is C#CCOc1ccc(F)cc1Cl. The number of halogens is 2. The molecule has 0 unspecified atom stereocenters. The van der Waals surface area contributed by atoms with Crippen molar-refractivity contribution in [1.29, 1.82) is 0 Å². The first-order chi connectivity index (χ1) is 5.74. The van der Waals surface area contributed by atoms with Crippen LogP contribution in [-0.2, 0) is 0 Å². The van der Waals surface area contributed by atoms with Crippen molar-refractivity contribution in [3.63, 3.8) is 0 Å². The second kappa shape index (κ2) is 3.99. The van der Waals surface area contributed by atoms with Gasteiger partial charge in [-0.25, -0.2) is 4.39 Å². The zero-order valence-electron chi connectivity index (χ0n) is 6.18. The maximum absolute atomic E-state index is 12.5. The van der Waals surface area contributed by atoms with E-state index in [4.69, 9.17) is 22.8 Å². The third kappa shape index (κ3) is 2.14. The van der Waals surface area contributed by atoms with Crippen LogP contribution in [0.2, 0.25) is 5.02 Å². The number of terminal acetylenes is 1. The van der Waals surface area contributed by atoms with Crippen LogP contribution in [0.15, 0.2) is 18.2 Å². The highest BCUT2D eigenvalue weighted by molar-refractivity contribution is 6.32. The molecule has 1 aromatic rings. The number of benzene rings is 1. The van der Waals surface area contributed by atoms with E-state index in [-0.39, 0.29) is 11.6 Å². The Kier molecular flexibility index (Phi) is 2.95. The topological polar surface area (TPSA) is 9.23 Å². The minimum Gasteiger partial charge on any atom is -0.479 e. The molecule has 12 heavy (non-hydrogen) atoms. The van der Waals surface area contributed by atoms with Crippen LogP contribution in [0.4, 0.5) is 4.39 Å². The van der Waals surface area contributed by atoms with Crippen molar-refractivity contribution in [3.8, 4) is 18.1 Å². The van der Waals surface area contributed by atoms with Crippen LogP contribution >= 0.6 is 11.6 Å². The number of ether oxygens (including phenoxy) is 1. The molecular weight excluding hydrogens is 179 g/mol. The average Bonchev–Trinajstić information content (AvgIpc) is 2.03. The number of hydrogen-bond donors (Lipinski definition) is 0. The van der Waals surface area contributed by atoms with Crippen molar-refractivity contribution in [2.45, 2.75) is 0 Å². The predicted molar refractivity (Wildman–Crippen MR) is 45.7 cm³/mol. The maximum atomic E-state index is 12.5. The first kappa shape index (κ1) is 8.89. The summed E-state index contributed by atoms with van der Waals surface area (Å²) in [5, 5.41) is 0.227. The molecule has 0 saturated carbocycles. The molecule has 1 rings (SSSR count). The van der Waals surface area contributed by atoms with Gasteiger partial charge in [0.2, 0.25) is 0 Å². The van der Waals surface area contributed by atoms with E-state index in [1.807, 2.05) is 0 Å². The van der Waals surface area contributed by atoms with E-state index >= 15 is 0 Å². The highest BCUT2D eigenvalue weighted by Gasteiger charge is 2.01. The molecule has 0 aliphatic heterocycles. The maximum Gasteiger partial charge on any atom is 0.148 e. The van der Waals surface area contributed by atoms with E-state index < -0.39 is 5.82 Å². The Labute approximate surface area is 75.1 Å². The van der Waals surface area contributed by atoms with Gasteiger partial charge in [0, 0.05) is 0 Å². The molecule has 0 radical (unpaired) electrons. The molecule has 0 atom stereocenters. The van der Waals surface area contributed by atoms with Crippen LogP contribution < -0.4 is 4.74 Å². The molecule has 0 aliphatic carbocycles. The van der Waals surface area contributed by atoms with E-state index in [0.29, 0.717) is 5.75 Å².